The number of hydrogen-bond acceptors (Lipinski definition) is 5. The second kappa shape index (κ2) is 7.84. The van der Waals surface area contributed by atoms with Crippen LogP contribution in [0.2, 0.25) is 0 Å². The number of aromatic amines is 1. The minimum absolute atomic E-state index is 0.0893. The first-order chi connectivity index (χ1) is 12.9. The first-order valence-electron chi connectivity index (χ1n) is 9.00. The van der Waals surface area contributed by atoms with Crippen LogP contribution in [0.1, 0.15) is 20.8 Å². The number of benzene rings is 1. The van der Waals surface area contributed by atoms with E-state index in [1.165, 1.54) is 11.5 Å². The number of hydrogen-bond donors (Lipinski definition) is 2. The molecule has 0 aliphatic carbocycles. The van der Waals surface area contributed by atoms with E-state index in [2.05, 4.69) is 10.3 Å². The molecule has 0 saturated heterocycles. The SMILES string of the molecule is CC(=O)OC(CNC(C)C)COc1cccc2[nH]c3c(=O)n(C)ccc3c12. The molecule has 0 spiro atoms. The van der Waals surface area contributed by atoms with Gasteiger partial charge in [-0.05, 0) is 18.2 Å². The molecule has 0 amide bonds. The molecule has 144 valence electrons. The summed E-state index contributed by atoms with van der Waals surface area (Å²) in [6, 6.07) is 7.80. The number of aromatic nitrogens is 2. The van der Waals surface area contributed by atoms with Crippen molar-refractivity contribution < 1.29 is 14.3 Å². The van der Waals surface area contributed by atoms with Crippen molar-refractivity contribution in [2.24, 2.45) is 7.05 Å². The Balaban J connectivity index is 1.90. The van der Waals surface area contributed by atoms with Crippen LogP contribution in [0.5, 0.6) is 5.75 Å². The highest BCUT2D eigenvalue weighted by molar-refractivity contribution is 6.10. The van der Waals surface area contributed by atoms with E-state index in [4.69, 9.17) is 9.47 Å². The van der Waals surface area contributed by atoms with E-state index in [0.717, 1.165) is 16.3 Å². The van der Waals surface area contributed by atoms with Crippen LogP contribution in [-0.4, -0.2) is 40.8 Å². The second-order valence-electron chi connectivity index (χ2n) is 6.93. The number of fused-ring (bicyclic) bond motifs is 3. The molecular weight excluding hydrogens is 346 g/mol. The Kier molecular flexibility index (Phi) is 5.51. The van der Waals surface area contributed by atoms with Crippen LogP contribution in [0, 0.1) is 0 Å². The topological polar surface area (TPSA) is 85.3 Å². The molecule has 2 heterocycles. The summed E-state index contributed by atoms with van der Waals surface area (Å²) < 4.78 is 12.9. The quantitative estimate of drug-likeness (QED) is 0.623. The van der Waals surface area contributed by atoms with Gasteiger partial charge in [0.1, 0.15) is 24.0 Å². The molecule has 0 radical (unpaired) electrons. The third kappa shape index (κ3) is 4.14. The van der Waals surface area contributed by atoms with Crippen LogP contribution in [0.25, 0.3) is 21.8 Å². The van der Waals surface area contributed by atoms with Gasteiger partial charge in [0, 0.05) is 43.5 Å². The number of ether oxygens (including phenoxy) is 2. The molecule has 3 rings (SSSR count). The van der Waals surface area contributed by atoms with E-state index < -0.39 is 6.10 Å². The first kappa shape index (κ1) is 19.0. The van der Waals surface area contributed by atoms with Gasteiger partial charge in [0.15, 0.2) is 0 Å². The highest BCUT2D eigenvalue weighted by Gasteiger charge is 2.17. The number of nitrogens with one attached hydrogen (secondary N) is 2. The summed E-state index contributed by atoms with van der Waals surface area (Å²) in [5.74, 6) is 0.302. The fourth-order valence-electron chi connectivity index (χ4n) is 3.05. The smallest absolute Gasteiger partial charge is 0.303 e. The Morgan fingerprint density at radius 3 is 2.78 bits per heavy atom. The lowest BCUT2D eigenvalue weighted by Gasteiger charge is -2.20. The fourth-order valence-corrected chi connectivity index (χ4v) is 3.05. The van der Waals surface area contributed by atoms with Gasteiger partial charge in [-0.15, -0.1) is 0 Å². The third-order valence-electron chi connectivity index (χ3n) is 4.33. The van der Waals surface area contributed by atoms with Gasteiger partial charge in [-0.3, -0.25) is 9.59 Å². The lowest BCUT2D eigenvalue weighted by Crippen LogP contribution is -2.38. The highest BCUT2D eigenvalue weighted by Crippen LogP contribution is 2.31. The zero-order chi connectivity index (χ0) is 19.6. The Morgan fingerprint density at radius 2 is 2.07 bits per heavy atom. The predicted octanol–water partition coefficient (Wildman–Crippen LogP) is 2.33. The molecule has 3 aromatic rings. The van der Waals surface area contributed by atoms with E-state index in [9.17, 15) is 9.59 Å². The number of aryl methyl sites for hydroxylation is 1. The number of esters is 1. The molecule has 1 atom stereocenters. The van der Waals surface area contributed by atoms with Gasteiger partial charge in [-0.1, -0.05) is 19.9 Å². The van der Waals surface area contributed by atoms with Crippen LogP contribution in [-0.2, 0) is 16.6 Å². The van der Waals surface area contributed by atoms with Crippen LogP contribution < -0.4 is 15.6 Å². The Morgan fingerprint density at radius 1 is 1.30 bits per heavy atom. The van der Waals surface area contributed by atoms with Crippen molar-refractivity contribution in [3.63, 3.8) is 0 Å². The second-order valence-corrected chi connectivity index (χ2v) is 6.93. The summed E-state index contributed by atoms with van der Waals surface area (Å²) in [4.78, 5) is 26.9. The van der Waals surface area contributed by atoms with E-state index in [-0.39, 0.29) is 24.2 Å². The maximum absolute atomic E-state index is 12.4. The zero-order valence-electron chi connectivity index (χ0n) is 16.0. The van der Waals surface area contributed by atoms with Crippen LogP contribution in [0.3, 0.4) is 0 Å². The molecule has 0 saturated carbocycles. The number of H-pyrrole nitrogens is 1. The van der Waals surface area contributed by atoms with E-state index >= 15 is 0 Å². The van der Waals surface area contributed by atoms with Gasteiger partial charge in [0.2, 0.25) is 0 Å². The van der Waals surface area contributed by atoms with Crippen molar-refractivity contribution in [3.8, 4) is 5.75 Å². The van der Waals surface area contributed by atoms with Gasteiger partial charge in [-0.2, -0.15) is 0 Å². The monoisotopic (exact) mass is 371 g/mol. The fraction of sp³-hybridized carbons (Fsp3) is 0.400. The minimum Gasteiger partial charge on any atom is -0.489 e. The van der Waals surface area contributed by atoms with Crippen molar-refractivity contribution in [1.29, 1.82) is 0 Å². The average molecular weight is 371 g/mol. The molecule has 2 aromatic heterocycles. The largest absolute Gasteiger partial charge is 0.489 e. The Labute approximate surface area is 157 Å². The van der Waals surface area contributed by atoms with Crippen molar-refractivity contribution in [3.05, 3.63) is 40.8 Å². The van der Waals surface area contributed by atoms with Gasteiger partial charge in [-0.25, -0.2) is 0 Å². The Bertz CT molecular complexity index is 1020. The summed E-state index contributed by atoms with van der Waals surface area (Å²) in [5.41, 5.74) is 1.28. The lowest BCUT2D eigenvalue weighted by atomic mass is 10.1. The lowest BCUT2D eigenvalue weighted by molar-refractivity contribution is -0.147. The summed E-state index contributed by atoms with van der Waals surface area (Å²) in [6.45, 7) is 6.16. The number of carbonyl (C=O) groups is 1. The number of pyridine rings is 1. The molecule has 1 aromatic carbocycles. The summed E-state index contributed by atoms with van der Waals surface area (Å²) in [7, 11) is 1.72. The molecule has 1 unspecified atom stereocenters. The molecular formula is C20H25N3O4. The van der Waals surface area contributed by atoms with Crippen molar-refractivity contribution in [2.45, 2.75) is 32.9 Å². The minimum atomic E-state index is -0.404. The van der Waals surface area contributed by atoms with Crippen molar-refractivity contribution >= 4 is 27.8 Å². The molecule has 0 bridgehead atoms. The van der Waals surface area contributed by atoms with E-state index in [1.807, 2.05) is 38.1 Å². The van der Waals surface area contributed by atoms with Crippen LogP contribution in [0.15, 0.2) is 35.3 Å². The predicted molar refractivity (Wildman–Crippen MR) is 105 cm³/mol. The summed E-state index contributed by atoms with van der Waals surface area (Å²) in [6.07, 6.45) is 1.33. The molecule has 0 fully saturated rings. The number of carbonyl (C=O) groups excluding carboxylic acids is 1. The summed E-state index contributed by atoms with van der Waals surface area (Å²) in [5, 5.41) is 4.92. The van der Waals surface area contributed by atoms with Crippen LogP contribution in [0.4, 0.5) is 0 Å². The van der Waals surface area contributed by atoms with Gasteiger partial charge < -0.3 is 24.3 Å². The zero-order valence-corrected chi connectivity index (χ0v) is 16.0. The van der Waals surface area contributed by atoms with E-state index in [1.54, 1.807) is 13.2 Å². The molecule has 27 heavy (non-hydrogen) atoms. The maximum atomic E-state index is 12.4. The third-order valence-corrected chi connectivity index (χ3v) is 4.33. The van der Waals surface area contributed by atoms with Gasteiger partial charge in [0.25, 0.3) is 5.56 Å². The molecule has 7 heteroatoms. The molecule has 7 nitrogen and oxygen atoms in total. The molecule has 2 N–H and O–H groups in total. The highest BCUT2D eigenvalue weighted by atomic mass is 16.6. The van der Waals surface area contributed by atoms with Gasteiger partial charge >= 0.3 is 5.97 Å². The van der Waals surface area contributed by atoms with E-state index in [0.29, 0.717) is 17.8 Å². The first-order valence-corrected chi connectivity index (χ1v) is 9.00. The van der Waals surface area contributed by atoms with Crippen LogP contribution >= 0.6 is 0 Å². The molecule has 0 aliphatic rings. The summed E-state index contributed by atoms with van der Waals surface area (Å²) >= 11 is 0. The average Bonchev–Trinajstić information content (AvgIpc) is 3.00. The number of rotatable bonds is 7. The standard InChI is InChI=1S/C20H25N3O4/c1-12(2)21-10-14(27-13(3)24)11-26-17-7-5-6-16-18(17)15-8-9-23(4)20(25)19(15)22-16/h5-9,12,14,21-22H,10-11H2,1-4H3. The van der Waals surface area contributed by atoms with Crippen molar-refractivity contribution in [1.82, 2.24) is 14.9 Å². The van der Waals surface area contributed by atoms with Gasteiger partial charge in [0.05, 0.1) is 5.52 Å². The Hall–Kier alpha value is -2.80. The molecule has 0 aliphatic heterocycles. The normalized spacial score (nSPS) is 12.6. The number of nitrogens with zero attached hydrogens (tertiary/aromatic N) is 1. The van der Waals surface area contributed by atoms with Crippen molar-refractivity contribution in [2.75, 3.05) is 13.2 Å². The maximum Gasteiger partial charge on any atom is 0.303 e.